The first-order valence-electron chi connectivity index (χ1n) is 4.95. The number of benzene rings is 1. The second-order valence-electron chi connectivity index (χ2n) is 3.93. The van der Waals surface area contributed by atoms with Crippen molar-refractivity contribution in [2.75, 3.05) is 11.9 Å². The van der Waals surface area contributed by atoms with Crippen molar-refractivity contribution >= 4 is 38.8 Å². The summed E-state index contributed by atoms with van der Waals surface area (Å²) in [5, 5.41) is 3.03. The lowest BCUT2D eigenvalue weighted by molar-refractivity contribution is 0.617. The van der Waals surface area contributed by atoms with E-state index in [0.29, 0.717) is 21.6 Å². The number of nitrogens with two attached hydrogens (primary N) is 1. The Morgan fingerprint density at radius 3 is 2.69 bits per heavy atom. The van der Waals surface area contributed by atoms with E-state index in [4.69, 9.17) is 18.0 Å². The number of thiocarbonyl (C=S) groups is 1. The summed E-state index contributed by atoms with van der Waals surface area (Å²) in [6, 6.07) is 3.36. The largest absolute Gasteiger partial charge is 0.389 e. The van der Waals surface area contributed by atoms with Crippen molar-refractivity contribution in [2.24, 2.45) is 11.7 Å². The topological polar surface area (TPSA) is 38.0 Å². The summed E-state index contributed by atoms with van der Waals surface area (Å²) in [7, 11) is 0. The summed E-state index contributed by atoms with van der Waals surface area (Å²) in [5.41, 5.74) is 6.45. The first kappa shape index (κ1) is 13.4. The smallest absolute Gasteiger partial charge is 0.161 e. The summed E-state index contributed by atoms with van der Waals surface area (Å²) in [6.45, 7) is 4.84. The molecule has 2 nitrogen and oxygen atoms in total. The Hall–Kier alpha value is -0.680. The minimum Gasteiger partial charge on any atom is -0.389 e. The molecule has 0 saturated heterocycles. The Bertz CT molecular complexity index is 407. The molecule has 0 saturated carbocycles. The van der Waals surface area contributed by atoms with Crippen LogP contribution >= 0.6 is 28.1 Å². The van der Waals surface area contributed by atoms with Crippen LogP contribution in [-0.4, -0.2) is 11.5 Å². The van der Waals surface area contributed by atoms with E-state index in [9.17, 15) is 4.39 Å². The third-order valence-corrected chi connectivity index (χ3v) is 3.04. The normalized spacial score (nSPS) is 10.6. The van der Waals surface area contributed by atoms with Crippen molar-refractivity contribution in [3.8, 4) is 0 Å². The van der Waals surface area contributed by atoms with Gasteiger partial charge in [-0.2, -0.15) is 0 Å². The first-order valence-corrected chi connectivity index (χ1v) is 6.15. The van der Waals surface area contributed by atoms with Crippen molar-refractivity contribution in [2.45, 2.75) is 13.8 Å². The van der Waals surface area contributed by atoms with Gasteiger partial charge in [-0.25, -0.2) is 4.39 Å². The average Bonchev–Trinajstić information content (AvgIpc) is 2.19. The van der Waals surface area contributed by atoms with Gasteiger partial charge in [0.2, 0.25) is 0 Å². The van der Waals surface area contributed by atoms with Crippen molar-refractivity contribution < 1.29 is 4.39 Å². The fourth-order valence-electron chi connectivity index (χ4n) is 1.19. The molecule has 0 amide bonds. The van der Waals surface area contributed by atoms with Gasteiger partial charge in [0.15, 0.2) is 5.82 Å². The van der Waals surface area contributed by atoms with Gasteiger partial charge in [-0.15, -0.1) is 0 Å². The Morgan fingerprint density at radius 2 is 2.19 bits per heavy atom. The van der Waals surface area contributed by atoms with E-state index in [2.05, 4.69) is 35.1 Å². The molecule has 0 heterocycles. The molecule has 0 aliphatic carbocycles. The molecular weight excluding hydrogens is 291 g/mol. The van der Waals surface area contributed by atoms with Gasteiger partial charge in [0.25, 0.3) is 0 Å². The highest BCUT2D eigenvalue weighted by Gasteiger charge is 2.12. The molecule has 1 aromatic rings. The lowest BCUT2D eigenvalue weighted by atomic mass is 10.1. The standard InChI is InChI=1S/C11H14BrFN2S/c1-6(2)5-15-8-4-3-7(11(14)16)9(12)10(8)13/h3-4,6,15H,5H2,1-2H3,(H2,14,16). The lowest BCUT2D eigenvalue weighted by Crippen LogP contribution is -2.13. The summed E-state index contributed by atoms with van der Waals surface area (Å²) in [4.78, 5) is 0.182. The zero-order chi connectivity index (χ0) is 12.3. The highest BCUT2D eigenvalue weighted by molar-refractivity contribution is 9.10. The van der Waals surface area contributed by atoms with Crippen LogP contribution in [0.15, 0.2) is 16.6 Å². The summed E-state index contributed by atoms with van der Waals surface area (Å²) in [6.07, 6.45) is 0. The van der Waals surface area contributed by atoms with Crippen molar-refractivity contribution in [3.05, 3.63) is 28.0 Å². The molecule has 0 unspecified atom stereocenters. The van der Waals surface area contributed by atoms with Crippen molar-refractivity contribution in [3.63, 3.8) is 0 Å². The van der Waals surface area contributed by atoms with E-state index < -0.39 is 0 Å². The van der Waals surface area contributed by atoms with Crippen LogP contribution < -0.4 is 11.1 Å². The number of nitrogens with one attached hydrogen (secondary N) is 1. The van der Waals surface area contributed by atoms with Gasteiger partial charge in [-0.1, -0.05) is 26.1 Å². The minimum atomic E-state index is -0.356. The van der Waals surface area contributed by atoms with E-state index in [1.807, 2.05) is 0 Å². The van der Waals surface area contributed by atoms with E-state index in [0.717, 1.165) is 6.54 Å². The molecule has 1 rings (SSSR count). The van der Waals surface area contributed by atoms with Crippen molar-refractivity contribution in [1.82, 2.24) is 0 Å². The maximum Gasteiger partial charge on any atom is 0.161 e. The maximum atomic E-state index is 13.8. The van der Waals surface area contributed by atoms with Gasteiger partial charge in [-0.05, 0) is 34.0 Å². The zero-order valence-corrected chi connectivity index (χ0v) is 11.6. The quantitative estimate of drug-likeness (QED) is 0.838. The van der Waals surface area contributed by atoms with Crippen LogP contribution in [0.2, 0.25) is 0 Å². The van der Waals surface area contributed by atoms with Crippen LogP contribution in [0.1, 0.15) is 19.4 Å². The number of rotatable bonds is 4. The highest BCUT2D eigenvalue weighted by atomic mass is 79.9. The fraction of sp³-hybridized carbons (Fsp3) is 0.364. The van der Waals surface area contributed by atoms with Crippen LogP contribution in [0.3, 0.4) is 0 Å². The molecule has 88 valence electrons. The van der Waals surface area contributed by atoms with E-state index >= 15 is 0 Å². The monoisotopic (exact) mass is 304 g/mol. The predicted octanol–water partition coefficient (Wildman–Crippen LogP) is 3.29. The predicted molar refractivity (Wildman–Crippen MR) is 73.3 cm³/mol. The molecule has 0 fully saturated rings. The second kappa shape index (κ2) is 5.59. The van der Waals surface area contributed by atoms with Crippen LogP contribution in [0.25, 0.3) is 0 Å². The summed E-state index contributed by atoms with van der Waals surface area (Å²) in [5.74, 6) is 0.0967. The molecule has 1 aromatic carbocycles. The zero-order valence-electron chi connectivity index (χ0n) is 9.18. The Balaban J connectivity index is 2.98. The van der Waals surface area contributed by atoms with Crippen LogP contribution in [-0.2, 0) is 0 Å². The number of anilines is 1. The average molecular weight is 305 g/mol. The Kier molecular flexibility index (Phi) is 4.68. The fourth-order valence-corrected chi connectivity index (χ4v) is 2.05. The molecule has 0 aliphatic heterocycles. The van der Waals surface area contributed by atoms with Crippen LogP contribution in [0, 0.1) is 11.7 Å². The lowest BCUT2D eigenvalue weighted by Gasteiger charge is -2.12. The highest BCUT2D eigenvalue weighted by Crippen LogP contribution is 2.27. The molecule has 0 atom stereocenters. The van der Waals surface area contributed by atoms with E-state index in [1.165, 1.54) is 0 Å². The van der Waals surface area contributed by atoms with Gasteiger partial charge < -0.3 is 11.1 Å². The molecule has 0 radical (unpaired) electrons. The van der Waals surface area contributed by atoms with Gasteiger partial charge in [0, 0.05) is 12.1 Å². The SMILES string of the molecule is CC(C)CNc1ccc(C(N)=S)c(Br)c1F. The van der Waals surface area contributed by atoms with Crippen LogP contribution in [0.4, 0.5) is 10.1 Å². The van der Waals surface area contributed by atoms with Crippen LogP contribution in [0.5, 0.6) is 0 Å². The molecule has 5 heteroatoms. The first-order chi connectivity index (χ1) is 7.43. The Morgan fingerprint density at radius 1 is 1.56 bits per heavy atom. The summed E-state index contributed by atoms with van der Waals surface area (Å²) >= 11 is 7.98. The van der Waals surface area contributed by atoms with E-state index in [1.54, 1.807) is 12.1 Å². The number of hydrogen-bond acceptors (Lipinski definition) is 2. The number of hydrogen-bond donors (Lipinski definition) is 2. The molecule has 0 spiro atoms. The molecular formula is C11H14BrFN2S. The van der Waals surface area contributed by atoms with E-state index in [-0.39, 0.29) is 10.8 Å². The van der Waals surface area contributed by atoms with Crippen molar-refractivity contribution in [1.29, 1.82) is 0 Å². The molecule has 16 heavy (non-hydrogen) atoms. The Labute approximate surface area is 109 Å². The summed E-state index contributed by atoms with van der Waals surface area (Å²) < 4.78 is 14.2. The molecule has 0 aromatic heterocycles. The van der Waals surface area contributed by atoms with Gasteiger partial charge in [0.1, 0.15) is 4.99 Å². The minimum absolute atomic E-state index is 0.182. The van der Waals surface area contributed by atoms with Gasteiger partial charge in [0.05, 0.1) is 10.2 Å². The molecule has 3 N–H and O–H groups in total. The second-order valence-corrected chi connectivity index (χ2v) is 5.16. The molecule has 0 bridgehead atoms. The third kappa shape index (κ3) is 3.15. The van der Waals surface area contributed by atoms with Gasteiger partial charge in [-0.3, -0.25) is 0 Å². The third-order valence-electron chi connectivity index (χ3n) is 2.05. The van der Waals surface area contributed by atoms with Gasteiger partial charge >= 0.3 is 0 Å². The number of halogens is 2. The molecule has 0 aliphatic rings. The maximum absolute atomic E-state index is 13.8.